The number of imide groups is 3. The summed E-state index contributed by atoms with van der Waals surface area (Å²) in [4.78, 5) is 33.3. The van der Waals surface area contributed by atoms with Gasteiger partial charge in [0.1, 0.15) is 0 Å². The number of hydrogen-bond acceptors (Lipinski definition) is 3. The zero-order chi connectivity index (χ0) is 9.72. The summed E-state index contributed by atoms with van der Waals surface area (Å²) in [5.74, 6) is -1.76. The van der Waals surface area contributed by atoms with Gasteiger partial charge < -0.3 is 0 Å². The van der Waals surface area contributed by atoms with Crippen LogP contribution < -0.4 is 0 Å². The fourth-order valence-corrected chi connectivity index (χ4v) is 0.703. The number of rotatable bonds is 2. The van der Waals surface area contributed by atoms with Gasteiger partial charge in [0.15, 0.2) is 0 Å². The predicted octanol–water partition coefficient (Wildman–Crippen LogP) is 0.484. The first-order chi connectivity index (χ1) is 5.54. The number of nitrogens with zero attached hydrogens (tertiary/aromatic N) is 1. The summed E-state index contributed by atoms with van der Waals surface area (Å²) >= 11 is 0. The standard InChI is InChI=1S/C8H11NO3/c1-4-7(11)9(6(3)10)8(12)5-2/h4H,1,5H2,2-3H3. The molecule has 0 aliphatic carbocycles. The van der Waals surface area contributed by atoms with E-state index in [2.05, 4.69) is 6.58 Å². The molecule has 3 amide bonds. The van der Waals surface area contributed by atoms with Crippen LogP contribution in [0.1, 0.15) is 20.3 Å². The van der Waals surface area contributed by atoms with Gasteiger partial charge in [0.2, 0.25) is 11.8 Å². The molecule has 0 saturated heterocycles. The lowest BCUT2D eigenvalue weighted by Crippen LogP contribution is -2.38. The highest BCUT2D eigenvalue weighted by Gasteiger charge is 2.21. The van der Waals surface area contributed by atoms with Gasteiger partial charge in [-0.15, -0.1) is 0 Å². The number of hydrogen-bond donors (Lipinski definition) is 0. The molecule has 0 aromatic heterocycles. The summed E-state index contributed by atoms with van der Waals surface area (Å²) in [6, 6.07) is 0. The molecule has 0 atom stereocenters. The molecule has 12 heavy (non-hydrogen) atoms. The van der Waals surface area contributed by atoms with Crippen molar-refractivity contribution < 1.29 is 14.4 Å². The summed E-state index contributed by atoms with van der Waals surface area (Å²) in [6.45, 7) is 5.92. The second kappa shape index (κ2) is 4.43. The van der Waals surface area contributed by atoms with Gasteiger partial charge in [-0.25, -0.2) is 4.90 Å². The first-order valence-electron chi connectivity index (χ1n) is 3.54. The van der Waals surface area contributed by atoms with Crippen molar-refractivity contribution in [3.05, 3.63) is 12.7 Å². The maximum Gasteiger partial charge on any atom is 0.259 e. The van der Waals surface area contributed by atoms with Gasteiger partial charge in [-0.1, -0.05) is 13.5 Å². The third kappa shape index (κ3) is 2.30. The van der Waals surface area contributed by atoms with Crippen LogP contribution in [0, 0.1) is 0 Å². The van der Waals surface area contributed by atoms with E-state index in [9.17, 15) is 14.4 Å². The molecule has 0 rings (SSSR count). The van der Waals surface area contributed by atoms with Gasteiger partial charge in [0.25, 0.3) is 5.91 Å². The van der Waals surface area contributed by atoms with Gasteiger partial charge in [-0.05, 0) is 6.08 Å². The Morgan fingerprint density at radius 1 is 1.42 bits per heavy atom. The molecule has 0 heterocycles. The molecule has 0 saturated carbocycles. The Hall–Kier alpha value is -1.45. The molecule has 0 spiro atoms. The monoisotopic (exact) mass is 169 g/mol. The fourth-order valence-electron chi connectivity index (χ4n) is 0.703. The van der Waals surface area contributed by atoms with Gasteiger partial charge in [-0.3, -0.25) is 14.4 Å². The topological polar surface area (TPSA) is 54.5 Å². The van der Waals surface area contributed by atoms with E-state index in [0.29, 0.717) is 4.90 Å². The second-order valence-corrected chi connectivity index (χ2v) is 2.14. The highest BCUT2D eigenvalue weighted by atomic mass is 16.2. The van der Waals surface area contributed by atoms with Gasteiger partial charge in [0, 0.05) is 13.3 Å². The van der Waals surface area contributed by atoms with Crippen molar-refractivity contribution in [3.63, 3.8) is 0 Å². The molecule has 0 aromatic carbocycles. The molecule has 0 aromatic rings. The minimum absolute atomic E-state index is 0.124. The Kier molecular flexibility index (Phi) is 3.90. The minimum Gasteiger partial charge on any atom is -0.274 e. The Morgan fingerprint density at radius 3 is 2.17 bits per heavy atom. The normalized spacial score (nSPS) is 8.83. The second-order valence-electron chi connectivity index (χ2n) is 2.14. The molecule has 4 nitrogen and oxygen atoms in total. The van der Waals surface area contributed by atoms with Crippen LogP contribution in [0.2, 0.25) is 0 Å². The van der Waals surface area contributed by atoms with E-state index in [0.717, 1.165) is 13.0 Å². The largest absolute Gasteiger partial charge is 0.274 e. The summed E-state index contributed by atoms with van der Waals surface area (Å²) in [5.41, 5.74) is 0. The smallest absolute Gasteiger partial charge is 0.259 e. The van der Waals surface area contributed by atoms with Crippen molar-refractivity contribution in [2.75, 3.05) is 0 Å². The molecule has 0 bridgehead atoms. The van der Waals surface area contributed by atoms with Crippen molar-refractivity contribution >= 4 is 17.7 Å². The van der Waals surface area contributed by atoms with Crippen LogP contribution in [0.4, 0.5) is 0 Å². The molecule has 0 unspecified atom stereocenters. The van der Waals surface area contributed by atoms with Crippen LogP contribution in [0.5, 0.6) is 0 Å². The van der Waals surface area contributed by atoms with Crippen LogP contribution in [0.15, 0.2) is 12.7 Å². The number of carbonyl (C=O) groups is 3. The maximum atomic E-state index is 11.0. The zero-order valence-electron chi connectivity index (χ0n) is 7.16. The van der Waals surface area contributed by atoms with Crippen LogP contribution in [-0.4, -0.2) is 22.6 Å². The lowest BCUT2D eigenvalue weighted by molar-refractivity contribution is -0.150. The molecule has 0 radical (unpaired) electrons. The van der Waals surface area contributed by atoms with Crippen LogP contribution in [-0.2, 0) is 14.4 Å². The average Bonchev–Trinajstić information content (AvgIpc) is 2.03. The predicted molar refractivity (Wildman–Crippen MR) is 43.0 cm³/mol. The first kappa shape index (κ1) is 10.6. The van der Waals surface area contributed by atoms with Crippen molar-refractivity contribution in [2.24, 2.45) is 0 Å². The number of amides is 3. The Labute approximate surface area is 70.8 Å². The lowest BCUT2D eigenvalue weighted by Gasteiger charge is -2.13. The van der Waals surface area contributed by atoms with E-state index in [4.69, 9.17) is 0 Å². The molecule has 0 aliphatic rings. The van der Waals surface area contributed by atoms with Crippen LogP contribution in [0.3, 0.4) is 0 Å². The molecule has 66 valence electrons. The maximum absolute atomic E-state index is 11.0. The SMILES string of the molecule is C=CC(=O)N(C(C)=O)C(=O)CC. The fraction of sp³-hybridized carbons (Fsp3) is 0.375. The van der Waals surface area contributed by atoms with Crippen LogP contribution in [0.25, 0.3) is 0 Å². The molecule has 0 fully saturated rings. The summed E-state index contributed by atoms with van der Waals surface area (Å²) < 4.78 is 0. The molecular formula is C8H11NO3. The third-order valence-electron chi connectivity index (χ3n) is 1.26. The quantitative estimate of drug-likeness (QED) is 0.565. The summed E-state index contributed by atoms with van der Waals surface area (Å²) in [6.07, 6.45) is 1.06. The van der Waals surface area contributed by atoms with Gasteiger partial charge >= 0.3 is 0 Å². The van der Waals surface area contributed by atoms with Crippen molar-refractivity contribution in [1.82, 2.24) is 4.90 Å². The van der Waals surface area contributed by atoms with Crippen molar-refractivity contribution in [1.29, 1.82) is 0 Å². The summed E-state index contributed by atoms with van der Waals surface area (Å²) in [5, 5.41) is 0. The number of carbonyl (C=O) groups excluding carboxylic acids is 3. The summed E-state index contributed by atoms with van der Waals surface area (Å²) in [7, 11) is 0. The molecular weight excluding hydrogens is 158 g/mol. The highest BCUT2D eigenvalue weighted by Crippen LogP contribution is 1.96. The molecule has 0 aliphatic heterocycles. The minimum atomic E-state index is -0.672. The van der Waals surface area contributed by atoms with E-state index in [1.54, 1.807) is 6.92 Å². The Balaban J connectivity index is 4.66. The van der Waals surface area contributed by atoms with E-state index < -0.39 is 17.7 Å². The van der Waals surface area contributed by atoms with E-state index in [-0.39, 0.29) is 6.42 Å². The third-order valence-corrected chi connectivity index (χ3v) is 1.26. The van der Waals surface area contributed by atoms with E-state index in [1.165, 1.54) is 0 Å². The lowest BCUT2D eigenvalue weighted by atomic mass is 10.3. The highest BCUT2D eigenvalue weighted by molar-refractivity contribution is 6.13. The first-order valence-corrected chi connectivity index (χ1v) is 3.54. The van der Waals surface area contributed by atoms with Gasteiger partial charge in [0.05, 0.1) is 0 Å². The average molecular weight is 169 g/mol. The Bertz CT molecular complexity index is 232. The van der Waals surface area contributed by atoms with Crippen molar-refractivity contribution in [3.8, 4) is 0 Å². The molecule has 0 N–H and O–H groups in total. The zero-order valence-corrected chi connectivity index (χ0v) is 7.16. The molecule has 4 heteroatoms. The van der Waals surface area contributed by atoms with Crippen LogP contribution >= 0.6 is 0 Å². The van der Waals surface area contributed by atoms with E-state index >= 15 is 0 Å². The Morgan fingerprint density at radius 2 is 1.92 bits per heavy atom. The van der Waals surface area contributed by atoms with Gasteiger partial charge in [-0.2, -0.15) is 0 Å². The van der Waals surface area contributed by atoms with Crippen molar-refractivity contribution in [2.45, 2.75) is 20.3 Å². The van der Waals surface area contributed by atoms with E-state index in [1.807, 2.05) is 0 Å².